The minimum absolute atomic E-state index is 0.148. The lowest BCUT2D eigenvalue weighted by Crippen LogP contribution is -2.52. The van der Waals surface area contributed by atoms with Gasteiger partial charge in [-0.2, -0.15) is 0 Å². The van der Waals surface area contributed by atoms with Gasteiger partial charge in [-0.15, -0.1) is 0 Å². The summed E-state index contributed by atoms with van der Waals surface area (Å²) in [4.78, 5) is 18.9. The van der Waals surface area contributed by atoms with Crippen LogP contribution in [-0.4, -0.2) is 52.2 Å². The van der Waals surface area contributed by atoms with Crippen LogP contribution in [0.3, 0.4) is 0 Å². The summed E-state index contributed by atoms with van der Waals surface area (Å²) in [5, 5.41) is 14.3. The van der Waals surface area contributed by atoms with Gasteiger partial charge in [-0.1, -0.05) is 42.5 Å². The van der Waals surface area contributed by atoms with Crippen molar-refractivity contribution in [1.82, 2.24) is 15.2 Å². The monoisotopic (exact) mass is 449 g/mol. The van der Waals surface area contributed by atoms with Gasteiger partial charge in [0, 0.05) is 31.4 Å². The molecule has 3 aromatic rings. The lowest BCUT2D eigenvalue weighted by molar-refractivity contribution is -0.121. The number of hydrogen-bond acceptors (Lipinski definition) is 5. The van der Waals surface area contributed by atoms with Gasteiger partial charge in [-0.25, -0.2) is 4.39 Å². The number of halogens is 1. The molecule has 33 heavy (non-hydrogen) atoms. The average molecular weight is 450 g/mol. The van der Waals surface area contributed by atoms with E-state index < -0.39 is 18.0 Å². The molecule has 2 aromatic carbocycles. The molecule has 172 valence electrons. The average Bonchev–Trinajstić information content (AvgIpc) is 3.09. The molecule has 1 aliphatic rings. The molecular formula is C26H28FN3O3. The van der Waals surface area contributed by atoms with Gasteiger partial charge >= 0.3 is 0 Å². The Hall–Kier alpha value is -3.29. The molecule has 1 fully saturated rings. The molecule has 4 atom stereocenters. The fourth-order valence-corrected chi connectivity index (χ4v) is 4.45. The quantitative estimate of drug-likeness (QED) is 0.553. The van der Waals surface area contributed by atoms with Crippen molar-refractivity contribution < 1.29 is 19.0 Å². The zero-order valence-electron chi connectivity index (χ0n) is 18.5. The van der Waals surface area contributed by atoms with E-state index in [4.69, 9.17) is 4.74 Å². The minimum Gasteiger partial charge on any atom is -0.487 e. The highest BCUT2D eigenvalue weighted by Gasteiger charge is 2.46. The van der Waals surface area contributed by atoms with Crippen molar-refractivity contribution in [2.45, 2.75) is 43.7 Å². The van der Waals surface area contributed by atoms with Gasteiger partial charge in [0.25, 0.3) is 0 Å². The largest absolute Gasteiger partial charge is 0.487 e. The first-order valence-corrected chi connectivity index (χ1v) is 11.0. The smallest absolute Gasteiger partial charge is 0.224 e. The maximum Gasteiger partial charge on any atom is 0.224 e. The van der Waals surface area contributed by atoms with Gasteiger partial charge in [0.15, 0.2) is 0 Å². The third kappa shape index (κ3) is 5.94. The van der Waals surface area contributed by atoms with Crippen LogP contribution in [-0.2, 0) is 17.8 Å². The van der Waals surface area contributed by atoms with Crippen LogP contribution in [0.1, 0.15) is 17.5 Å². The van der Waals surface area contributed by atoms with Gasteiger partial charge in [0.05, 0.1) is 18.5 Å². The van der Waals surface area contributed by atoms with E-state index in [0.717, 1.165) is 11.1 Å². The number of benzene rings is 2. The molecule has 0 spiro atoms. The van der Waals surface area contributed by atoms with Crippen molar-refractivity contribution in [2.75, 3.05) is 7.05 Å². The summed E-state index contributed by atoms with van der Waals surface area (Å²) in [6.07, 6.45) is 2.48. The molecule has 1 aliphatic carbocycles. The number of carbonyl (C=O) groups is 1. The van der Waals surface area contributed by atoms with Gasteiger partial charge in [0.2, 0.25) is 5.91 Å². The van der Waals surface area contributed by atoms with E-state index in [0.29, 0.717) is 18.7 Å². The second kappa shape index (κ2) is 10.6. The Morgan fingerprint density at radius 1 is 1.15 bits per heavy atom. The summed E-state index contributed by atoms with van der Waals surface area (Å²) in [6, 6.07) is 18.7. The standard InChI is InChI=1S/C26H28FN3O3/c1-30(17-18-7-3-2-4-8-18)25-22(29-24(31)13-19-9-6-12-28-16-19)15-23(26(25)32)33-21-11-5-10-20(27)14-21/h2-12,14,16,22-23,25-26,32H,13,15,17H2,1H3,(H,29,31)/t22-,23-,25+,26+/m1/s1. The van der Waals surface area contributed by atoms with E-state index in [1.54, 1.807) is 30.6 Å². The number of amides is 1. The number of carbonyl (C=O) groups excluding carboxylic acids is 1. The minimum atomic E-state index is -0.870. The number of rotatable bonds is 8. The van der Waals surface area contributed by atoms with E-state index in [-0.39, 0.29) is 24.4 Å². The van der Waals surface area contributed by atoms with E-state index in [1.807, 2.05) is 48.3 Å². The molecule has 0 unspecified atom stereocenters. The highest BCUT2D eigenvalue weighted by Crippen LogP contribution is 2.30. The zero-order chi connectivity index (χ0) is 23.2. The first-order chi connectivity index (χ1) is 16.0. The third-order valence-corrected chi connectivity index (χ3v) is 5.93. The summed E-state index contributed by atoms with van der Waals surface area (Å²) < 4.78 is 19.6. The zero-order valence-corrected chi connectivity index (χ0v) is 18.5. The van der Waals surface area contributed by atoms with Crippen LogP contribution >= 0.6 is 0 Å². The molecule has 1 heterocycles. The van der Waals surface area contributed by atoms with Crippen LogP contribution < -0.4 is 10.1 Å². The Labute approximate surface area is 193 Å². The fourth-order valence-electron chi connectivity index (χ4n) is 4.45. The number of nitrogens with one attached hydrogen (secondary N) is 1. The second-order valence-corrected chi connectivity index (χ2v) is 8.44. The molecule has 0 bridgehead atoms. The van der Waals surface area contributed by atoms with E-state index in [9.17, 15) is 14.3 Å². The Kier molecular flexibility index (Phi) is 7.32. The summed E-state index contributed by atoms with van der Waals surface area (Å²) in [6.45, 7) is 0.601. The molecule has 1 amide bonds. The maximum atomic E-state index is 13.6. The van der Waals surface area contributed by atoms with E-state index in [2.05, 4.69) is 10.3 Å². The van der Waals surface area contributed by atoms with Crippen molar-refractivity contribution in [3.63, 3.8) is 0 Å². The molecule has 0 radical (unpaired) electrons. The molecule has 6 nitrogen and oxygen atoms in total. The molecule has 4 rings (SSSR count). The number of hydrogen-bond donors (Lipinski definition) is 2. The van der Waals surface area contributed by atoms with Crippen LogP contribution in [0.15, 0.2) is 79.1 Å². The maximum absolute atomic E-state index is 13.6. The molecule has 1 aromatic heterocycles. The molecular weight excluding hydrogens is 421 g/mol. The molecule has 7 heteroatoms. The Balaban J connectivity index is 1.50. The van der Waals surface area contributed by atoms with Crippen LogP contribution in [0, 0.1) is 5.82 Å². The number of nitrogens with zero attached hydrogens (tertiary/aromatic N) is 2. The van der Waals surface area contributed by atoms with Gasteiger partial charge in [-0.3, -0.25) is 14.7 Å². The van der Waals surface area contributed by atoms with Gasteiger partial charge in [0.1, 0.15) is 23.8 Å². The van der Waals surface area contributed by atoms with Crippen molar-refractivity contribution in [1.29, 1.82) is 0 Å². The van der Waals surface area contributed by atoms with Crippen molar-refractivity contribution in [2.24, 2.45) is 0 Å². The summed E-state index contributed by atoms with van der Waals surface area (Å²) in [7, 11) is 1.92. The van der Waals surface area contributed by atoms with Crippen LogP contribution in [0.5, 0.6) is 5.75 Å². The van der Waals surface area contributed by atoms with Crippen molar-refractivity contribution in [3.05, 3.63) is 96.1 Å². The molecule has 0 saturated heterocycles. The SMILES string of the molecule is CN(Cc1ccccc1)[C@@H]1[C@@H](O)[C@H](Oc2cccc(F)c2)C[C@H]1NC(=O)Cc1cccnc1. The first-order valence-electron chi connectivity index (χ1n) is 11.0. The Bertz CT molecular complexity index is 1050. The van der Waals surface area contributed by atoms with Crippen LogP contribution in [0.4, 0.5) is 4.39 Å². The number of aliphatic hydroxyl groups is 1. The summed E-state index contributed by atoms with van der Waals surface area (Å²) in [5.41, 5.74) is 1.91. The number of likely N-dealkylation sites (N-methyl/N-ethyl adjacent to an activating group) is 1. The summed E-state index contributed by atoms with van der Waals surface area (Å²) >= 11 is 0. The van der Waals surface area contributed by atoms with Crippen LogP contribution in [0.2, 0.25) is 0 Å². The van der Waals surface area contributed by atoms with E-state index >= 15 is 0 Å². The van der Waals surface area contributed by atoms with Crippen LogP contribution in [0.25, 0.3) is 0 Å². The molecule has 1 saturated carbocycles. The molecule has 0 aliphatic heterocycles. The lowest BCUT2D eigenvalue weighted by Gasteiger charge is -2.32. The van der Waals surface area contributed by atoms with Gasteiger partial charge < -0.3 is 15.2 Å². The fraction of sp³-hybridized carbons (Fsp3) is 0.308. The Morgan fingerprint density at radius 3 is 2.67 bits per heavy atom. The number of aliphatic hydroxyl groups excluding tert-OH is 1. The highest BCUT2D eigenvalue weighted by molar-refractivity contribution is 5.78. The predicted molar refractivity (Wildman–Crippen MR) is 123 cm³/mol. The van der Waals surface area contributed by atoms with Gasteiger partial charge in [-0.05, 0) is 36.4 Å². The molecule has 2 N–H and O–H groups in total. The highest BCUT2D eigenvalue weighted by atomic mass is 19.1. The number of aromatic nitrogens is 1. The van der Waals surface area contributed by atoms with Crippen molar-refractivity contribution >= 4 is 5.91 Å². The third-order valence-electron chi connectivity index (χ3n) is 5.93. The topological polar surface area (TPSA) is 74.7 Å². The summed E-state index contributed by atoms with van der Waals surface area (Å²) in [5.74, 6) is -0.199. The Morgan fingerprint density at radius 2 is 1.94 bits per heavy atom. The number of pyridine rings is 1. The first kappa shape index (κ1) is 22.9. The predicted octanol–water partition coefficient (Wildman–Crippen LogP) is 2.96. The van der Waals surface area contributed by atoms with Crippen molar-refractivity contribution in [3.8, 4) is 5.75 Å². The number of ether oxygens (including phenoxy) is 1. The second-order valence-electron chi connectivity index (χ2n) is 8.44. The van der Waals surface area contributed by atoms with E-state index in [1.165, 1.54) is 12.1 Å². The normalized spacial score (nSPS) is 22.3. The lowest BCUT2D eigenvalue weighted by atomic mass is 10.1.